The van der Waals surface area contributed by atoms with Crippen molar-refractivity contribution in [3.05, 3.63) is 48.5 Å². The molecule has 0 atom stereocenters. The van der Waals surface area contributed by atoms with E-state index >= 15 is 0 Å². The summed E-state index contributed by atoms with van der Waals surface area (Å²) in [5.74, 6) is 2.15. The van der Waals surface area contributed by atoms with Gasteiger partial charge in [-0.05, 0) is 49.6 Å². The average molecular weight is 459 g/mol. The normalized spacial score (nSPS) is 15.8. The Morgan fingerprint density at radius 2 is 1.94 bits per heavy atom. The van der Waals surface area contributed by atoms with Gasteiger partial charge in [0.25, 0.3) is 0 Å². The molecule has 32 heavy (non-hydrogen) atoms. The van der Waals surface area contributed by atoms with E-state index in [0.717, 1.165) is 30.6 Å². The van der Waals surface area contributed by atoms with Crippen molar-refractivity contribution in [1.82, 2.24) is 19.4 Å². The van der Waals surface area contributed by atoms with Crippen LogP contribution in [0.5, 0.6) is 5.75 Å². The Kier molecular flexibility index (Phi) is 6.56. The van der Waals surface area contributed by atoms with Crippen LogP contribution in [0.3, 0.4) is 0 Å². The summed E-state index contributed by atoms with van der Waals surface area (Å²) in [5, 5.41) is 3.90. The molecule has 0 spiro atoms. The zero-order valence-corrected chi connectivity index (χ0v) is 18.7. The Morgan fingerprint density at radius 3 is 2.66 bits per heavy atom. The van der Waals surface area contributed by atoms with E-state index in [1.54, 1.807) is 19.1 Å². The first-order valence-electron chi connectivity index (χ1n) is 10.5. The van der Waals surface area contributed by atoms with E-state index in [1.807, 2.05) is 24.3 Å². The summed E-state index contributed by atoms with van der Waals surface area (Å²) < 4.78 is 39.3. The number of rotatable bonds is 9. The first-order chi connectivity index (χ1) is 15.4. The standard InChI is InChI=1S/C21H26N6O4S/c1-16-24-21(25-31-16)17-5-7-19(8-6-17)30-14-4-2-3-11-26-12-13-27(32(26,28)29)18-9-10-23-20(22)15-18/h5-10,15H,2-4,11-14H2,1H3,(H2,22,23). The van der Waals surface area contributed by atoms with Crippen molar-refractivity contribution in [3.63, 3.8) is 0 Å². The van der Waals surface area contributed by atoms with E-state index in [2.05, 4.69) is 15.1 Å². The third-order valence-corrected chi connectivity index (χ3v) is 7.14. The number of hydrogen-bond donors (Lipinski definition) is 1. The third kappa shape index (κ3) is 5.00. The zero-order chi connectivity index (χ0) is 22.6. The number of ether oxygens (including phenoxy) is 1. The lowest BCUT2D eigenvalue weighted by molar-refractivity contribution is 0.302. The van der Waals surface area contributed by atoms with E-state index < -0.39 is 10.2 Å². The summed E-state index contributed by atoms with van der Waals surface area (Å²) in [7, 11) is -3.52. The number of benzene rings is 1. The van der Waals surface area contributed by atoms with E-state index in [1.165, 1.54) is 14.8 Å². The quantitative estimate of drug-likeness (QED) is 0.485. The van der Waals surface area contributed by atoms with Crippen molar-refractivity contribution >= 4 is 21.7 Å². The SMILES string of the molecule is Cc1nc(-c2ccc(OCCCCCN3CCN(c4ccnc(N)c4)S3(=O)=O)cc2)no1. The summed E-state index contributed by atoms with van der Waals surface area (Å²) >= 11 is 0. The number of hydrogen-bond acceptors (Lipinski definition) is 8. The molecule has 3 aromatic rings. The molecule has 0 amide bonds. The molecule has 11 heteroatoms. The highest BCUT2D eigenvalue weighted by Gasteiger charge is 2.36. The number of nitrogens with zero attached hydrogens (tertiary/aromatic N) is 5. The molecule has 0 bridgehead atoms. The van der Waals surface area contributed by atoms with Gasteiger partial charge in [-0.2, -0.15) is 17.7 Å². The van der Waals surface area contributed by atoms with Crippen molar-refractivity contribution in [3.8, 4) is 17.1 Å². The van der Waals surface area contributed by atoms with Crippen LogP contribution in [0.15, 0.2) is 47.1 Å². The van der Waals surface area contributed by atoms with Gasteiger partial charge in [-0.3, -0.25) is 4.31 Å². The van der Waals surface area contributed by atoms with Gasteiger partial charge in [-0.15, -0.1) is 0 Å². The van der Waals surface area contributed by atoms with Crippen LogP contribution in [-0.4, -0.2) is 54.1 Å². The monoisotopic (exact) mass is 458 g/mol. The summed E-state index contributed by atoms with van der Waals surface area (Å²) in [6.07, 6.45) is 3.99. The molecule has 1 aliphatic heterocycles. The molecule has 1 aliphatic rings. The smallest absolute Gasteiger partial charge is 0.304 e. The Morgan fingerprint density at radius 1 is 1.12 bits per heavy atom. The molecule has 10 nitrogen and oxygen atoms in total. The fraction of sp³-hybridized carbons (Fsp3) is 0.381. The number of nitrogen functional groups attached to an aromatic ring is 1. The molecule has 0 saturated carbocycles. The fourth-order valence-electron chi connectivity index (χ4n) is 3.53. The number of anilines is 2. The minimum absolute atomic E-state index is 0.302. The van der Waals surface area contributed by atoms with E-state index in [4.69, 9.17) is 15.0 Å². The van der Waals surface area contributed by atoms with Crippen molar-refractivity contribution in [1.29, 1.82) is 0 Å². The lowest BCUT2D eigenvalue weighted by atomic mass is 10.2. The highest BCUT2D eigenvalue weighted by Crippen LogP contribution is 2.26. The van der Waals surface area contributed by atoms with Gasteiger partial charge in [0.15, 0.2) is 0 Å². The first kappa shape index (κ1) is 22.0. The van der Waals surface area contributed by atoms with Gasteiger partial charge in [-0.25, -0.2) is 4.98 Å². The molecule has 1 fully saturated rings. The van der Waals surface area contributed by atoms with Crippen LogP contribution in [0, 0.1) is 6.92 Å². The molecule has 2 N–H and O–H groups in total. The summed E-state index contributed by atoms with van der Waals surface area (Å²) in [6, 6.07) is 10.8. The molecule has 3 heterocycles. The van der Waals surface area contributed by atoms with Crippen molar-refractivity contribution in [2.24, 2.45) is 0 Å². The summed E-state index contributed by atoms with van der Waals surface area (Å²) in [5.41, 5.74) is 7.10. The number of aromatic nitrogens is 3. The Balaban J connectivity index is 1.18. The van der Waals surface area contributed by atoms with E-state index in [0.29, 0.717) is 49.5 Å². The van der Waals surface area contributed by atoms with Gasteiger partial charge in [0.05, 0.1) is 12.3 Å². The number of unbranched alkanes of at least 4 members (excludes halogenated alkanes) is 2. The fourth-order valence-corrected chi connectivity index (χ4v) is 5.17. The van der Waals surface area contributed by atoms with Gasteiger partial charge in [0.1, 0.15) is 11.6 Å². The maximum Gasteiger partial charge on any atom is 0.304 e. The van der Waals surface area contributed by atoms with Crippen LogP contribution >= 0.6 is 0 Å². The van der Waals surface area contributed by atoms with Gasteiger partial charge < -0.3 is 15.0 Å². The maximum atomic E-state index is 12.8. The number of aryl methyl sites for hydroxylation is 1. The lowest BCUT2D eigenvalue weighted by Gasteiger charge is -2.20. The Bertz CT molecular complexity index is 1150. The predicted octanol–water partition coefficient (Wildman–Crippen LogP) is 2.64. The molecular weight excluding hydrogens is 432 g/mol. The van der Waals surface area contributed by atoms with Crippen LogP contribution in [-0.2, 0) is 10.2 Å². The van der Waals surface area contributed by atoms with Crippen LogP contribution in [0.2, 0.25) is 0 Å². The number of nitrogens with two attached hydrogens (primary N) is 1. The molecular formula is C21H26N6O4S. The van der Waals surface area contributed by atoms with Crippen LogP contribution in [0.25, 0.3) is 11.4 Å². The average Bonchev–Trinajstić information content (AvgIpc) is 3.33. The number of pyridine rings is 1. The lowest BCUT2D eigenvalue weighted by Crippen LogP contribution is -2.33. The summed E-state index contributed by atoms with van der Waals surface area (Å²) in [6.45, 7) is 3.68. The molecule has 0 radical (unpaired) electrons. The largest absolute Gasteiger partial charge is 0.494 e. The second-order valence-electron chi connectivity index (χ2n) is 7.49. The van der Waals surface area contributed by atoms with Crippen LogP contribution < -0.4 is 14.8 Å². The Hall–Kier alpha value is -3.18. The van der Waals surface area contributed by atoms with Crippen molar-refractivity contribution in [2.75, 3.05) is 36.3 Å². The van der Waals surface area contributed by atoms with Gasteiger partial charge in [0.2, 0.25) is 11.7 Å². The molecule has 0 unspecified atom stereocenters. The minimum atomic E-state index is -3.52. The first-order valence-corrected chi connectivity index (χ1v) is 11.9. The second kappa shape index (κ2) is 9.53. The van der Waals surface area contributed by atoms with Crippen molar-refractivity contribution in [2.45, 2.75) is 26.2 Å². The van der Waals surface area contributed by atoms with Gasteiger partial charge >= 0.3 is 10.2 Å². The van der Waals surface area contributed by atoms with Crippen molar-refractivity contribution < 1.29 is 17.7 Å². The Labute approximate surface area is 187 Å². The second-order valence-corrected chi connectivity index (χ2v) is 9.34. The van der Waals surface area contributed by atoms with Gasteiger partial charge in [-0.1, -0.05) is 5.16 Å². The molecule has 1 saturated heterocycles. The zero-order valence-electron chi connectivity index (χ0n) is 17.8. The molecule has 170 valence electrons. The molecule has 4 rings (SSSR count). The third-order valence-electron chi connectivity index (χ3n) is 5.17. The summed E-state index contributed by atoms with van der Waals surface area (Å²) in [4.78, 5) is 8.12. The van der Waals surface area contributed by atoms with Gasteiger partial charge in [0, 0.05) is 44.4 Å². The highest BCUT2D eigenvalue weighted by molar-refractivity contribution is 7.90. The van der Waals surface area contributed by atoms with E-state index in [-0.39, 0.29) is 0 Å². The molecule has 2 aromatic heterocycles. The topological polar surface area (TPSA) is 128 Å². The minimum Gasteiger partial charge on any atom is -0.494 e. The maximum absolute atomic E-state index is 12.8. The highest BCUT2D eigenvalue weighted by atomic mass is 32.2. The predicted molar refractivity (Wildman–Crippen MR) is 120 cm³/mol. The van der Waals surface area contributed by atoms with Crippen LogP contribution in [0.4, 0.5) is 11.5 Å². The van der Waals surface area contributed by atoms with Crippen LogP contribution in [0.1, 0.15) is 25.2 Å². The molecule has 0 aliphatic carbocycles. The molecule has 1 aromatic carbocycles. The van der Waals surface area contributed by atoms with E-state index in [9.17, 15) is 8.42 Å².